The Balaban J connectivity index is 1.71. The zero-order valence-electron chi connectivity index (χ0n) is 16.2. The summed E-state index contributed by atoms with van der Waals surface area (Å²) < 4.78 is 11.5. The number of methoxy groups -OCH3 is 1. The average Bonchev–Trinajstić information content (AvgIpc) is 3.14. The van der Waals surface area contributed by atoms with Gasteiger partial charge in [0.15, 0.2) is 11.5 Å². The first kappa shape index (κ1) is 19.7. The second-order valence-corrected chi connectivity index (χ2v) is 6.91. The second kappa shape index (κ2) is 8.84. The number of hydrogen-bond acceptors (Lipinski definition) is 5. The van der Waals surface area contributed by atoms with Gasteiger partial charge in [-0.3, -0.25) is 0 Å². The molecule has 0 atom stereocenters. The summed E-state index contributed by atoms with van der Waals surface area (Å²) in [5, 5.41) is 4.57. The van der Waals surface area contributed by atoms with E-state index in [0.29, 0.717) is 33.4 Å². The topological polar surface area (TPSA) is 57.1 Å². The van der Waals surface area contributed by atoms with Crippen molar-refractivity contribution >= 4 is 29.4 Å². The molecule has 0 bridgehead atoms. The lowest BCUT2D eigenvalue weighted by Crippen LogP contribution is -2.07. The summed E-state index contributed by atoms with van der Waals surface area (Å²) in [6.07, 6.45) is 1.70. The quantitative estimate of drug-likeness (QED) is 0.403. The molecule has 4 rings (SSSR count). The molecule has 0 aromatic heterocycles. The van der Waals surface area contributed by atoms with Crippen molar-refractivity contribution in [2.75, 3.05) is 7.11 Å². The normalized spacial score (nSPS) is 14.4. The lowest BCUT2D eigenvalue weighted by molar-refractivity contribution is -0.136. The van der Waals surface area contributed by atoms with Crippen molar-refractivity contribution in [1.29, 1.82) is 0 Å². The van der Waals surface area contributed by atoms with Crippen molar-refractivity contribution in [1.82, 2.24) is 0 Å². The maximum Gasteiger partial charge on any atom is 0.368 e. The molecule has 5 nitrogen and oxygen atoms in total. The van der Waals surface area contributed by atoms with Crippen molar-refractivity contribution in [2.24, 2.45) is 5.16 Å². The SMILES string of the molecule is COc1cccc(/C=C2\C(=O)ON=C2c2ccccc2)c1OCc1ccccc1Cl. The number of carbonyl (C=O) groups is 1. The molecule has 1 aliphatic heterocycles. The Hall–Kier alpha value is -3.57. The molecule has 0 saturated heterocycles. The molecule has 0 fully saturated rings. The molecule has 6 heteroatoms. The fourth-order valence-corrected chi connectivity index (χ4v) is 3.29. The van der Waals surface area contributed by atoms with Crippen LogP contribution in [-0.4, -0.2) is 18.8 Å². The molecular weight excluding hydrogens is 402 g/mol. The maximum atomic E-state index is 12.4. The van der Waals surface area contributed by atoms with E-state index >= 15 is 0 Å². The van der Waals surface area contributed by atoms with Gasteiger partial charge < -0.3 is 14.3 Å². The van der Waals surface area contributed by atoms with E-state index < -0.39 is 5.97 Å². The zero-order valence-corrected chi connectivity index (χ0v) is 16.9. The first-order chi connectivity index (χ1) is 14.7. The van der Waals surface area contributed by atoms with E-state index in [1.165, 1.54) is 0 Å². The van der Waals surface area contributed by atoms with E-state index in [4.69, 9.17) is 25.9 Å². The highest BCUT2D eigenvalue weighted by Gasteiger charge is 2.27. The zero-order chi connectivity index (χ0) is 20.9. The predicted octanol–water partition coefficient (Wildman–Crippen LogP) is 5.27. The molecule has 0 radical (unpaired) electrons. The van der Waals surface area contributed by atoms with Gasteiger partial charge in [0.2, 0.25) is 0 Å². The fourth-order valence-electron chi connectivity index (χ4n) is 3.10. The third-order valence-corrected chi connectivity index (χ3v) is 4.97. The van der Waals surface area contributed by atoms with Crippen molar-refractivity contribution < 1.29 is 19.1 Å². The second-order valence-electron chi connectivity index (χ2n) is 6.50. The lowest BCUT2D eigenvalue weighted by atomic mass is 10.0. The molecule has 3 aromatic rings. The first-order valence-corrected chi connectivity index (χ1v) is 9.65. The summed E-state index contributed by atoms with van der Waals surface area (Å²) in [4.78, 5) is 17.3. The van der Waals surface area contributed by atoms with Gasteiger partial charge in [0.1, 0.15) is 12.3 Å². The minimum atomic E-state index is -0.520. The van der Waals surface area contributed by atoms with Crippen LogP contribution >= 0.6 is 11.6 Å². The standard InChI is InChI=1S/C24H18ClNO4/c1-28-21-13-7-11-17(23(21)29-15-18-10-5-6-12-20(18)25)14-19-22(26-30-24(19)27)16-8-3-2-4-9-16/h2-14H,15H2,1H3/b19-14-. The summed E-state index contributed by atoms with van der Waals surface area (Å²) in [6, 6.07) is 22.3. The molecular formula is C24H18ClNO4. The van der Waals surface area contributed by atoms with E-state index in [1.807, 2.05) is 66.7 Å². The summed E-state index contributed by atoms with van der Waals surface area (Å²) in [7, 11) is 1.56. The number of halogens is 1. The smallest absolute Gasteiger partial charge is 0.368 e. The third-order valence-electron chi connectivity index (χ3n) is 4.60. The average molecular weight is 420 g/mol. The molecule has 150 valence electrons. The van der Waals surface area contributed by atoms with Crippen LogP contribution in [0.2, 0.25) is 5.02 Å². The van der Waals surface area contributed by atoms with E-state index in [0.717, 1.165) is 11.1 Å². The minimum absolute atomic E-state index is 0.250. The van der Waals surface area contributed by atoms with E-state index in [9.17, 15) is 4.79 Å². The number of ether oxygens (including phenoxy) is 2. The fraction of sp³-hybridized carbons (Fsp3) is 0.0833. The van der Waals surface area contributed by atoms with Crippen LogP contribution < -0.4 is 9.47 Å². The van der Waals surface area contributed by atoms with Gasteiger partial charge in [0.05, 0.1) is 12.7 Å². The van der Waals surface area contributed by atoms with Crippen LogP contribution in [0.15, 0.2) is 83.5 Å². The molecule has 1 aliphatic rings. The highest BCUT2D eigenvalue weighted by Crippen LogP contribution is 2.35. The maximum absolute atomic E-state index is 12.4. The largest absolute Gasteiger partial charge is 0.493 e. The Morgan fingerprint density at radius 1 is 1.00 bits per heavy atom. The van der Waals surface area contributed by atoms with Crippen LogP contribution in [-0.2, 0) is 16.2 Å². The molecule has 0 aliphatic carbocycles. The van der Waals surface area contributed by atoms with Crippen LogP contribution in [0.5, 0.6) is 11.5 Å². The molecule has 0 spiro atoms. The van der Waals surface area contributed by atoms with Gasteiger partial charge in [0.25, 0.3) is 0 Å². The summed E-state index contributed by atoms with van der Waals surface area (Å²) in [5.41, 5.74) is 3.11. The van der Waals surface area contributed by atoms with Gasteiger partial charge in [-0.2, -0.15) is 0 Å². The van der Waals surface area contributed by atoms with Crippen molar-refractivity contribution in [2.45, 2.75) is 6.61 Å². The van der Waals surface area contributed by atoms with Crippen LogP contribution in [0.25, 0.3) is 6.08 Å². The van der Waals surface area contributed by atoms with Crippen LogP contribution in [0.1, 0.15) is 16.7 Å². The number of oxime groups is 1. The molecule has 0 N–H and O–H groups in total. The Kier molecular flexibility index (Phi) is 5.82. The van der Waals surface area contributed by atoms with Crippen molar-refractivity contribution in [3.63, 3.8) is 0 Å². The lowest BCUT2D eigenvalue weighted by Gasteiger charge is -2.14. The summed E-state index contributed by atoms with van der Waals surface area (Å²) in [6.45, 7) is 0.250. The Morgan fingerprint density at radius 3 is 2.53 bits per heavy atom. The van der Waals surface area contributed by atoms with E-state index in [1.54, 1.807) is 19.3 Å². The Morgan fingerprint density at radius 2 is 1.77 bits per heavy atom. The highest BCUT2D eigenvalue weighted by molar-refractivity contribution is 6.31. The molecule has 1 heterocycles. The number of nitrogens with zero attached hydrogens (tertiary/aromatic N) is 1. The third kappa shape index (κ3) is 4.07. The number of para-hydroxylation sites is 1. The monoisotopic (exact) mass is 419 g/mol. The van der Waals surface area contributed by atoms with Crippen molar-refractivity contribution in [3.05, 3.63) is 100 Å². The number of carbonyl (C=O) groups excluding carboxylic acids is 1. The van der Waals surface area contributed by atoms with Gasteiger partial charge in [-0.1, -0.05) is 77.4 Å². The molecule has 0 unspecified atom stereocenters. The Bertz CT molecular complexity index is 1140. The van der Waals surface area contributed by atoms with E-state index in [2.05, 4.69) is 5.16 Å². The van der Waals surface area contributed by atoms with Crippen LogP contribution in [0, 0.1) is 0 Å². The van der Waals surface area contributed by atoms with Gasteiger partial charge in [-0.15, -0.1) is 0 Å². The molecule has 3 aromatic carbocycles. The van der Waals surface area contributed by atoms with Gasteiger partial charge in [-0.25, -0.2) is 4.79 Å². The molecule has 30 heavy (non-hydrogen) atoms. The van der Waals surface area contributed by atoms with Crippen LogP contribution in [0.4, 0.5) is 0 Å². The number of benzene rings is 3. The highest BCUT2D eigenvalue weighted by atomic mass is 35.5. The van der Waals surface area contributed by atoms with Gasteiger partial charge in [-0.05, 0) is 18.2 Å². The van der Waals surface area contributed by atoms with Crippen LogP contribution in [0.3, 0.4) is 0 Å². The number of rotatable bonds is 6. The molecule has 0 amide bonds. The van der Waals surface area contributed by atoms with E-state index in [-0.39, 0.29) is 6.61 Å². The summed E-state index contributed by atoms with van der Waals surface area (Å²) in [5.74, 6) is 0.522. The molecule has 0 saturated carbocycles. The number of hydrogen-bond donors (Lipinski definition) is 0. The Labute approximate surface area is 179 Å². The minimum Gasteiger partial charge on any atom is -0.493 e. The van der Waals surface area contributed by atoms with Crippen molar-refractivity contribution in [3.8, 4) is 11.5 Å². The van der Waals surface area contributed by atoms with Gasteiger partial charge in [0, 0.05) is 21.7 Å². The van der Waals surface area contributed by atoms with Gasteiger partial charge >= 0.3 is 5.97 Å². The predicted molar refractivity (Wildman–Crippen MR) is 116 cm³/mol. The first-order valence-electron chi connectivity index (χ1n) is 9.27. The summed E-state index contributed by atoms with van der Waals surface area (Å²) >= 11 is 6.25.